The van der Waals surface area contributed by atoms with Crippen LogP contribution < -0.4 is 16.9 Å². The summed E-state index contributed by atoms with van der Waals surface area (Å²) in [7, 11) is 6.32. The zero-order valence-electron chi connectivity index (χ0n) is 11.4. The Hall–Kier alpha value is -1.64. The van der Waals surface area contributed by atoms with Crippen LogP contribution in [-0.2, 0) is 0 Å². The number of hydrogen-bond acceptors (Lipinski definition) is 1. The Balaban J connectivity index is 0.00000180. The zero-order chi connectivity index (χ0) is 13.2. The summed E-state index contributed by atoms with van der Waals surface area (Å²) >= 11 is 0. The Kier molecular flexibility index (Phi) is 4.87. The van der Waals surface area contributed by atoms with Gasteiger partial charge in [-0.15, -0.1) is 0 Å². The number of carbonyl (C=O) groups is 1. The van der Waals surface area contributed by atoms with Crippen LogP contribution in [0.25, 0.3) is 0 Å². The third-order valence-corrected chi connectivity index (χ3v) is 2.94. The fourth-order valence-electron chi connectivity index (χ4n) is 1.82. The monoisotopic (exact) mass is 275 g/mol. The molecular weight excluding hydrogens is 258 g/mol. The molecule has 0 fully saturated rings. The fourth-order valence-corrected chi connectivity index (χ4v) is 1.82. The molecule has 0 radical (unpaired) electrons. The lowest BCUT2D eigenvalue weighted by Crippen LogP contribution is -3.00. The van der Waals surface area contributed by atoms with Crippen molar-refractivity contribution in [2.24, 2.45) is 0 Å². The molecule has 2 rings (SSSR count). The van der Waals surface area contributed by atoms with Crippen molar-refractivity contribution in [1.29, 1.82) is 0 Å². The van der Waals surface area contributed by atoms with Gasteiger partial charge >= 0.3 is 0 Å². The van der Waals surface area contributed by atoms with Gasteiger partial charge in [-0.05, 0) is 24.3 Å². The number of halogens is 1. The SMILES string of the molecule is C[N+](C)(C)c1ccc(C(=O)c2ccccc2)cc1.[Cl-]. The molecule has 0 heterocycles. The molecule has 0 aliphatic carbocycles. The van der Waals surface area contributed by atoms with E-state index in [-0.39, 0.29) is 18.2 Å². The molecule has 0 N–H and O–H groups in total. The van der Waals surface area contributed by atoms with E-state index in [1.165, 1.54) is 5.69 Å². The van der Waals surface area contributed by atoms with Crippen LogP contribution in [0.4, 0.5) is 5.69 Å². The van der Waals surface area contributed by atoms with Gasteiger partial charge < -0.3 is 12.4 Å². The van der Waals surface area contributed by atoms with E-state index in [0.717, 1.165) is 15.6 Å². The van der Waals surface area contributed by atoms with Gasteiger partial charge in [-0.3, -0.25) is 9.28 Å². The maximum absolute atomic E-state index is 12.2. The van der Waals surface area contributed by atoms with E-state index in [2.05, 4.69) is 21.1 Å². The van der Waals surface area contributed by atoms with Crippen molar-refractivity contribution < 1.29 is 17.2 Å². The predicted octanol–water partition coefficient (Wildman–Crippen LogP) is 0.118. The Morgan fingerprint density at radius 2 is 1.26 bits per heavy atom. The minimum Gasteiger partial charge on any atom is -1.00 e. The van der Waals surface area contributed by atoms with E-state index in [0.29, 0.717) is 0 Å². The molecule has 0 saturated heterocycles. The molecule has 0 atom stereocenters. The Bertz CT molecular complexity index is 541. The molecule has 0 aliphatic heterocycles. The summed E-state index contributed by atoms with van der Waals surface area (Å²) < 4.78 is 0.750. The molecule has 2 aromatic carbocycles. The highest BCUT2D eigenvalue weighted by Crippen LogP contribution is 2.18. The highest BCUT2D eigenvalue weighted by molar-refractivity contribution is 6.09. The molecule has 0 bridgehead atoms. The molecule has 0 aliphatic rings. The lowest BCUT2D eigenvalue weighted by molar-refractivity contribution is -0.0000111. The van der Waals surface area contributed by atoms with E-state index in [9.17, 15) is 4.79 Å². The van der Waals surface area contributed by atoms with Crippen LogP contribution in [0.2, 0.25) is 0 Å². The second-order valence-electron chi connectivity index (χ2n) is 5.25. The molecule has 0 unspecified atom stereocenters. The first-order valence-corrected chi connectivity index (χ1v) is 6.00. The molecule has 0 saturated carbocycles. The first kappa shape index (κ1) is 15.4. The number of ketones is 1. The Labute approximate surface area is 120 Å². The number of carbonyl (C=O) groups excluding carboxylic acids is 1. The van der Waals surface area contributed by atoms with Gasteiger partial charge in [0, 0.05) is 11.1 Å². The topological polar surface area (TPSA) is 17.1 Å². The van der Waals surface area contributed by atoms with E-state index in [1.54, 1.807) is 0 Å². The maximum Gasteiger partial charge on any atom is 0.193 e. The summed E-state index contributed by atoms with van der Waals surface area (Å²) in [5, 5.41) is 0. The number of quaternary nitrogens is 1. The van der Waals surface area contributed by atoms with Crippen LogP contribution in [-0.4, -0.2) is 26.9 Å². The molecule has 100 valence electrons. The van der Waals surface area contributed by atoms with Gasteiger partial charge in [0.1, 0.15) is 5.69 Å². The molecular formula is C16H18ClNO. The van der Waals surface area contributed by atoms with Crippen molar-refractivity contribution in [2.75, 3.05) is 21.1 Å². The van der Waals surface area contributed by atoms with Gasteiger partial charge in [-0.2, -0.15) is 0 Å². The summed E-state index contributed by atoms with van der Waals surface area (Å²) in [5.41, 5.74) is 2.65. The first-order valence-electron chi connectivity index (χ1n) is 6.00. The van der Waals surface area contributed by atoms with Gasteiger partial charge in [-0.25, -0.2) is 0 Å². The van der Waals surface area contributed by atoms with Crippen molar-refractivity contribution >= 4 is 11.5 Å². The van der Waals surface area contributed by atoms with Crippen molar-refractivity contribution in [1.82, 2.24) is 4.48 Å². The van der Waals surface area contributed by atoms with Crippen LogP contribution in [0.1, 0.15) is 15.9 Å². The highest BCUT2D eigenvalue weighted by atomic mass is 35.5. The average molecular weight is 276 g/mol. The number of rotatable bonds is 3. The third-order valence-electron chi connectivity index (χ3n) is 2.94. The van der Waals surface area contributed by atoms with Crippen molar-refractivity contribution in [3.8, 4) is 0 Å². The molecule has 19 heavy (non-hydrogen) atoms. The quantitative estimate of drug-likeness (QED) is 0.574. The number of nitrogens with zero attached hydrogens (tertiary/aromatic N) is 1. The maximum atomic E-state index is 12.2. The molecule has 2 nitrogen and oxygen atoms in total. The van der Waals surface area contributed by atoms with Gasteiger partial charge in [-0.1, -0.05) is 30.3 Å². The summed E-state index contributed by atoms with van der Waals surface area (Å²) in [6, 6.07) is 17.2. The Morgan fingerprint density at radius 1 is 0.789 bits per heavy atom. The largest absolute Gasteiger partial charge is 1.00 e. The third kappa shape index (κ3) is 3.66. The van der Waals surface area contributed by atoms with E-state index in [1.807, 2.05) is 54.6 Å². The lowest BCUT2D eigenvalue weighted by atomic mass is 10.0. The molecule has 0 aromatic heterocycles. The van der Waals surface area contributed by atoms with E-state index < -0.39 is 0 Å². The second-order valence-corrected chi connectivity index (χ2v) is 5.25. The molecule has 3 heteroatoms. The van der Waals surface area contributed by atoms with Crippen molar-refractivity contribution in [3.63, 3.8) is 0 Å². The van der Waals surface area contributed by atoms with Gasteiger partial charge in [0.15, 0.2) is 5.78 Å². The lowest BCUT2D eigenvalue weighted by Gasteiger charge is -2.23. The predicted molar refractivity (Wildman–Crippen MR) is 75.9 cm³/mol. The molecule has 0 spiro atoms. The van der Waals surface area contributed by atoms with Crippen LogP contribution in [0.15, 0.2) is 54.6 Å². The van der Waals surface area contributed by atoms with Crippen LogP contribution in [0, 0.1) is 0 Å². The minimum atomic E-state index is 0. The number of hydrogen-bond donors (Lipinski definition) is 0. The fraction of sp³-hybridized carbons (Fsp3) is 0.188. The standard InChI is InChI=1S/C16H18NO.ClH/c1-17(2,3)15-11-9-14(10-12-15)16(18)13-7-5-4-6-8-13;/h4-12H,1-3H3;1H/q+1;/p-1. The summed E-state index contributed by atoms with van der Waals surface area (Å²) in [6.07, 6.45) is 0. The normalized spacial score (nSPS) is 10.7. The second kappa shape index (κ2) is 6.00. The van der Waals surface area contributed by atoms with E-state index >= 15 is 0 Å². The highest BCUT2D eigenvalue weighted by Gasteiger charge is 2.13. The van der Waals surface area contributed by atoms with Crippen molar-refractivity contribution in [2.45, 2.75) is 0 Å². The zero-order valence-corrected chi connectivity index (χ0v) is 12.2. The smallest absolute Gasteiger partial charge is 0.193 e. The molecule has 0 amide bonds. The van der Waals surface area contributed by atoms with Crippen LogP contribution in [0.3, 0.4) is 0 Å². The van der Waals surface area contributed by atoms with Gasteiger partial charge in [0.25, 0.3) is 0 Å². The average Bonchev–Trinajstić information content (AvgIpc) is 2.38. The summed E-state index contributed by atoms with van der Waals surface area (Å²) in [5.74, 6) is 0.0727. The van der Waals surface area contributed by atoms with Crippen molar-refractivity contribution in [3.05, 3.63) is 65.7 Å². The molecule has 2 aromatic rings. The first-order chi connectivity index (χ1) is 8.48. The van der Waals surface area contributed by atoms with Crippen LogP contribution >= 0.6 is 0 Å². The number of benzene rings is 2. The minimum absolute atomic E-state index is 0. The van der Waals surface area contributed by atoms with E-state index in [4.69, 9.17) is 0 Å². The van der Waals surface area contributed by atoms with Crippen LogP contribution in [0.5, 0.6) is 0 Å². The van der Waals surface area contributed by atoms with Gasteiger partial charge in [0.05, 0.1) is 21.1 Å². The Morgan fingerprint density at radius 3 is 1.74 bits per heavy atom. The van der Waals surface area contributed by atoms with Gasteiger partial charge in [0.2, 0.25) is 0 Å². The summed E-state index contributed by atoms with van der Waals surface area (Å²) in [6.45, 7) is 0. The summed E-state index contributed by atoms with van der Waals surface area (Å²) in [4.78, 5) is 12.2.